The van der Waals surface area contributed by atoms with Crippen molar-refractivity contribution in [2.75, 3.05) is 25.5 Å². The molecule has 0 aliphatic carbocycles. The molecular weight excluding hydrogens is 340 g/mol. The van der Waals surface area contributed by atoms with Gasteiger partial charge in [-0.1, -0.05) is 38.1 Å². The van der Waals surface area contributed by atoms with Gasteiger partial charge >= 0.3 is 5.97 Å². The lowest BCUT2D eigenvalue weighted by atomic mass is 9.97. The maximum absolute atomic E-state index is 12.8. The van der Waals surface area contributed by atoms with Gasteiger partial charge in [0.15, 0.2) is 0 Å². The molecule has 0 aliphatic rings. The molecule has 0 spiro atoms. The van der Waals surface area contributed by atoms with E-state index in [0.717, 1.165) is 11.1 Å². The molecule has 1 atom stereocenters. The minimum absolute atomic E-state index is 0.140. The number of aliphatic carboxylic acids is 1. The van der Waals surface area contributed by atoms with Crippen LogP contribution in [0.1, 0.15) is 13.8 Å². The second-order valence-corrected chi connectivity index (χ2v) is 8.30. The summed E-state index contributed by atoms with van der Waals surface area (Å²) in [6, 6.07) is 10.6. The minimum Gasteiger partial charge on any atom is -0.481 e. The number of carboxylic acid groups (broad SMARTS) is 1. The largest absolute Gasteiger partial charge is 0.481 e. The number of benzene rings is 2. The summed E-state index contributed by atoms with van der Waals surface area (Å²) < 4.78 is 28.0. The van der Waals surface area contributed by atoms with Crippen molar-refractivity contribution in [1.82, 2.24) is 4.72 Å². The van der Waals surface area contributed by atoms with Crippen molar-refractivity contribution in [1.29, 1.82) is 0 Å². The Morgan fingerprint density at radius 3 is 2.28 bits per heavy atom. The van der Waals surface area contributed by atoms with Gasteiger partial charge in [0.2, 0.25) is 10.0 Å². The van der Waals surface area contributed by atoms with E-state index in [1.165, 1.54) is 6.07 Å². The van der Waals surface area contributed by atoms with Crippen LogP contribution in [0.3, 0.4) is 0 Å². The fourth-order valence-electron chi connectivity index (χ4n) is 2.77. The fraction of sp³-hybridized carbons (Fsp3) is 0.389. The van der Waals surface area contributed by atoms with Crippen molar-refractivity contribution in [3.05, 3.63) is 36.4 Å². The Hall–Kier alpha value is -2.12. The van der Waals surface area contributed by atoms with E-state index in [1.807, 2.05) is 37.2 Å². The average molecular weight is 364 g/mol. The Balaban J connectivity index is 2.43. The number of hydrogen-bond donors (Lipinski definition) is 2. The zero-order chi connectivity index (χ0) is 18.8. The van der Waals surface area contributed by atoms with Gasteiger partial charge in [0.25, 0.3) is 0 Å². The number of carbonyl (C=O) groups is 1. The van der Waals surface area contributed by atoms with Gasteiger partial charge in [-0.25, -0.2) is 13.1 Å². The standard InChI is InChI=1S/C18H24N2O4S/c1-12(2)15(18(21)22)11-19-25(23,24)17-10-6-7-13-14(17)8-5-9-16(13)20(3)4/h5-10,12,15,19H,11H2,1-4H3,(H,21,22)/t15-/m0/s1. The van der Waals surface area contributed by atoms with Gasteiger partial charge < -0.3 is 10.0 Å². The molecule has 0 bridgehead atoms. The molecular formula is C18H24N2O4S. The lowest BCUT2D eigenvalue weighted by Gasteiger charge is -2.19. The summed E-state index contributed by atoms with van der Waals surface area (Å²) >= 11 is 0. The summed E-state index contributed by atoms with van der Waals surface area (Å²) in [5.74, 6) is -1.96. The van der Waals surface area contributed by atoms with Crippen LogP contribution in [0, 0.1) is 11.8 Å². The van der Waals surface area contributed by atoms with Gasteiger partial charge in [0.05, 0.1) is 10.8 Å². The molecule has 0 saturated heterocycles. The first-order valence-corrected chi connectivity index (χ1v) is 9.55. The van der Waals surface area contributed by atoms with Crippen molar-refractivity contribution in [3.63, 3.8) is 0 Å². The normalized spacial score (nSPS) is 13.2. The molecule has 0 fully saturated rings. The summed E-state index contributed by atoms with van der Waals surface area (Å²) in [4.78, 5) is 13.4. The summed E-state index contributed by atoms with van der Waals surface area (Å²) in [5.41, 5.74) is 0.917. The Morgan fingerprint density at radius 2 is 1.72 bits per heavy atom. The maximum atomic E-state index is 12.8. The lowest BCUT2D eigenvalue weighted by molar-refractivity contribution is -0.142. The molecule has 0 saturated carbocycles. The number of sulfonamides is 1. The summed E-state index contributed by atoms with van der Waals surface area (Å²) in [7, 11) is -0.0291. The van der Waals surface area contributed by atoms with Crippen molar-refractivity contribution in [2.24, 2.45) is 11.8 Å². The van der Waals surface area contributed by atoms with Crippen molar-refractivity contribution >= 4 is 32.5 Å². The highest BCUT2D eigenvalue weighted by atomic mass is 32.2. The SMILES string of the molecule is CC(C)[C@H](CNS(=O)(=O)c1cccc2c(N(C)C)cccc12)C(=O)O. The van der Waals surface area contributed by atoms with Crippen LogP contribution >= 0.6 is 0 Å². The number of anilines is 1. The van der Waals surface area contributed by atoms with Crippen LogP contribution in [0.25, 0.3) is 10.8 Å². The highest BCUT2D eigenvalue weighted by Crippen LogP contribution is 2.30. The van der Waals surface area contributed by atoms with Crippen molar-refractivity contribution in [3.8, 4) is 0 Å². The van der Waals surface area contributed by atoms with Gasteiger partial charge in [-0.05, 0) is 18.1 Å². The molecule has 2 rings (SSSR count). The first kappa shape index (κ1) is 19.2. The third kappa shape index (κ3) is 4.11. The van der Waals surface area contributed by atoms with Gasteiger partial charge in [-0.15, -0.1) is 0 Å². The molecule has 2 aromatic rings. The van der Waals surface area contributed by atoms with E-state index in [-0.39, 0.29) is 17.4 Å². The van der Waals surface area contributed by atoms with Gasteiger partial charge in [-0.2, -0.15) is 0 Å². The summed E-state index contributed by atoms with van der Waals surface area (Å²) in [6.07, 6.45) is 0. The van der Waals surface area contributed by atoms with E-state index in [9.17, 15) is 18.3 Å². The van der Waals surface area contributed by atoms with Crippen LogP contribution in [0.2, 0.25) is 0 Å². The van der Waals surface area contributed by atoms with E-state index >= 15 is 0 Å². The minimum atomic E-state index is -3.82. The highest BCUT2D eigenvalue weighted by Gasteiger charge is 2.25. The van der Waals surface area contributed by atoms with E-state index in [1.54, 1.807) is 26.0 Å². The van der Waals surface area contributed by atoms with E-state index < -0.39 is 21.9 Å². The van der Waals surface area contributed by atoms with Crippen LogP contribution in [0.4, 0.5) is 5.69 Å². The van der Waals surface area contributed by atoms with E-state index in [0.29, 0.717) is 5.39 Å². The Kier molecular flexibility index (Phi) is 5.69. The monoisotopic (exact) mass is 364 g/mol. The van der Waals surface area contributed by atoms with Crippen LogP contribution in [-0.4, -0.2) is 40.1 Å². The molecule has 25 heavy (non-hydrogen) atoms. The molecule has 6 nitrogen and oxygen atoms in total. The van der Waals surface area contributed by atoms with Crippen molar-refractivity contribution < 1.29 is 18.3 Å². The smallest absolute Gasteiger partial charge is 0.308 e. The lowest BCUT2D eigenvalue weighted by Crippen LogP contribution is -2.35. The van der Waals surface area contributed by atoms with Crippen LogP contribution in [0.15, 0.2) is 41.3 Å². The maximum Gasteiger partial charge on any atom is 0.308 e. The molecule has 0 heterocycles. The molecule has 0 amide bonds. The number of carboxylic acids is 1. The topological polar surface area (TPSA) is 86.7 Å². The number of rotatable bonds is 7. The Morgan fingerprint density at radius 1 is 1.12 bits per heavy atom. The number of fused-ring (bicyclic) bond motifs is 1. The molecule has 0 aliphatic heterocycles. The molecule has 0 radical (unpaired) electrons. The van der Waals surface area contributed by atoms with Gasteiger partial charge in [-0.3, -0.25) is 4.79 Å². The molecule has 7 heteroatoms. The Labute approximate surface area is 148 Å². The average Bonchev–Trinajstić information content (AvgIpc) is 2.52. The predicted molar refractivity (Wildman–Crippen MR) is 99.4 cm³/mol. The Bertz CT molecular complexity index is 876. The summed E-state index contributed by atoms with van der Waals surface area (Å²) in [5, 5.41) is 10.7. The number of nitrogens with zero attached hydrogens (tertiary/aromatic N) is 1. The molecule has 2 N–H and O–H groups in total. The van der Waals surface area contributed by atoms with Crippen LogP contribution in [-0.2, 0) is 14.8 Å². The molecule has 2 aromatic carbocycles. The van der Waals surface area contributed by atoms with Crippen LogP contribution in [0.5, 0.6) is 0 Å². The number of nitrogens with one attached hydrogen (secondary N) is 1. The second kappa shape index (κ2) is 7.41. The molecule has 0 aromatic heterocycles. The van der Waals surface area contributed by atoms with E-state index in [4.69, 9.17) is 0 Å². The first-order chi connectivity index (χ1) is 11.6. The number of hydrogen-bond acceptors (Lipinski definition) is 4. The first-order valence-electron chi connectivity index (χ1n) is 8.06. The third-order valence-electron chi connectivity index (χ3n) is 4.25. The van der Waals surface area contributed by atoms with E-state index in [2.05, 4.69) is 4.72 Å². The molecule has 0 unspecified atom stereocenters. The zero-order valence-corrected chi connectivity index (χ0v) is 15.7. The second-order valence-electron chi connectivity index (χ2n) is 6.56. The fourth-order valence-corrected chi connectivity index (χ4v) is 4.05. The quantitative estimate of drug-likeness (QED) is 0.788. The van der Waals surface area contributed by atoms with Crippen molar-refractivity contribution in [2.45, 2.75) is 18.7 Å². The van der Waals surface area contributed by atoms with Crippen LogP contribution < -0.4 is 9.62 Å². The molecule has 136 valence electrons. The summed E-state index contributed by atoms with van der Waals surface area (Å²) in [6.45, 7) is 3.38. The highest BCUT2D eigenvalue weighted by molar-refractivity contribution is 7.89. The zero-order valence-electron chi connectivity index (χ0n) is 14.9. The predicted octanol–water partition coefficient (Wildman–Crippen LogP) is 2.54. The third-order valence-corrected chi connectivity index (χ3v) is 5.73. The van der Waals surface area contributed by atoms with Gasteiger partial charge in [0.1, 0.15) is 0 Å². The van der Waals surface area contributed by atoms with Gasteiger partial charge in [0, 0.05) is 37.1 Å².